The van der Waals surface area contributed by atoms with Gasteiger partial charge in [0.25, 0.3) is 5.91 Å². The average molecular weight is 177 g/mol. The molecule has 0 saturated carbocycles. The monoisotopic (exact) mass is 177 g/mol. The first-order chi connectivity index (χ1) is 5.86. The minimum Gasteiger partial charge on any atom is -0.268 e. The first kappa shape index (κ1) is 7.43. The Labute approximate surface area is 74.3 Å². The molecular formula is C9H7NOS. The summed E-state index contributed by atoms with van der Waals surface area (Å²) in [5.74, 6) is 0.0235. The van der Waals surface area contributed by atoms with Gasteiger partial charge in [-0.05, 0) is 22.4 Å². The van der Waals surface area contributed by atoms with Crippen LogP contribution >= 0.6 is 11.3 Å². The Morgan fingerprint density at radius 2 is 2.42 bits per heavy atom. The summed E-state index contributed by atoms with van der Waals surface area (Å²) in [5, 5.41) is 4.09. The lowest BCUT2D eigenvalue weighted by molar-refractivity contribution is -0.113. The Bertz CT molecular complexity index is 321. The van der Waals surface area contributed by atoms with Crippen LogP contribution in [0.1, 0.15) is 11.5 Å². The maximum Gasteiger partial charge on any atom is 0.269 e. The van der Waals surface area contributed by atoms with Crippen molar-refractivity contribution in [1.29, 1.82) is 0 Å². The second kappa shape index (κ2) is 3.03. The van der Waals surface area contributed by atoms with E-state index in [1.165, 1.54) is 11.6 Å². The molecule has 1 aromatic rings. The molecule has 0 aliphatic carbocycles. The van der Waals surface area contributed by atoms with E-state index in [0.717, 1.165) is 0 Å². The van der Waals surface area contributed by atoms with Gasteiger partial charge in [-0.15, -0.1) is 0 Å². The standard InChI is InChI=1S/C9H7NOS/c11-9-2-1-7(5-10-9)8-3-4-12-6-8/h1-7H. The van der Waals surface area contributed by atoms with Gasteiger partial charge in [0.15, 0.2) is 0 Å². The van der Waals surface area contributed by atoms with E-state index >= 15 is 0 Å². The molecule has 0 aromatic carbocycles. The number of rotatable bonds is 1. The highest BCUT2D eigenvalue weighted by atomic mass is 32.1. The van der Waals surface area contributed by atoms with Gasteiger partial charge in [0.05, 0.1) is 0 Å². The molecule has 2 rings (SSSR count). The number of hydrogen-bond donors (Lipinski definition) is 0. The molecule has 1 atom stereocenters. The lowest BCUT2D eigenvalue weighted by Crippen LogP contribution is -2.03. The zero-order chi connectivity index (χ0) is 8.39. The third-order valence-corrected chi connectivity index (χ3v) is 2.44. The Balaban J connectivity index is 2.23. The Morgan fingerprint density at radius 1 is 1.50 bits per heavy atom. The van der Waals surface area contributed by atoms with E-state index in [1.54, 1.807) is 17.6 Å². The first-order valence-corrected chi connectivity index (χ1v) is 4.59. The van der Waals surface area contributed by atoms with Crippen LogP contribution in [0.3, 0.4) is 0 Å². The number of allylic oxidation sites excluding steroid dienone is 1. The molecule has 0 spiro atoms. The molecule has 0 radical (unpaired) electrons. The number of thiophene rings is 1. The normalized spacial score (nSPS) is 21.7. The van der Waals surface area contributed by atoms with Crippen LogP contribution in [0.15, 0.2) is 34.0 Å². The molecule has 1 aliphatic rings. The van der Waals surface area contributed by atoms with E-state index in [2.05, 4.69) is 10.4 Å². The molecule has 0 fully saturated rings. The van der Waals surface area contributed by atoms with Crippen LogP contribution in [0.4, 0.5) is 0 Å². The lowest BCUT2D eigenvalue weighted by atomic mass is 10.0. The zero-order valence-corrected chi connectivity index (χ0v) is 7.12. The van der Waals surface area contributed by atoms with E-state index in [1.807, 2.05) is 17.5 Å². The molecule has 1 aliphatic heterocycles. The number of carbonyl (C=O) groups excluding carboxylic acids is 1. The third kappa shape index (κ3) is 1.36. The van der Waals surface area contributed by atoms with Gasteiger partial charge in [0.2, 0.25) is 0 Å². The number of carbonyl (C=O) groups is 1. The molecule has 3 heteroatoms. The summed E-state index contributed by atoms with van der Waals surface area (Å²) in [6, 6.07) is 2.04. The van der Waals surface area contributed by atoms with Crippen LogP contribution in [-0.2, 0) is 4.79 Å². The van der Waals surface area contributed by atoms with E-state index in [0.29, 0.717) is 0 Å². The smallest absolute Gasteiger partial charge is 0.268 e. The van der Waals surface area contributed by atoms with E-state index < -0.39 is 0 Å². The van der Waals surface area contributed by atoms with Crippen molar-refractivity contribution in [2.75, 3.05) is 0 Å². The van der Waals surface area contributed by atoms with Gasteiger partial charge >= 0.3 is 0 Å². The van der Waals surface area contributed by atoms with Crippen LogP contribution in [-0.4, -0.2) is 12.1 Å². The summed E-state index contributed by atoms with van der Waals surface area (Å²) in [6.45, 7) is 0. The second-order valence-corrected chi connectivity index (χ2v) is 3.34. The van der Waals surface area contributed by atoms with Crippen molar-refractivity contribution in [1.82, 2.24) is 0 Å². The molecule has 12 heavy (non-hydrogen) atoms. The average Bonchev–Trinajstić information content (AvgIpc) is 2.58. The van der Waals surface area contributed by atoms with Crippen LogP contribution in [0, 0.1) is 0 Å². The molecule has 1 amide bonds. The van der Waals surface area contributed by atoms with Crippen LogP contribution in [0.25, 0.3) is 0 Å². The van der Waals surface area contributed by atoms with Crippen LogP contribution in [0.5, 0.6) is 0 Å². The van der Waals surface area contributed by atoms with Crippen molar-refractivity contribution < 1.29 is 4.79 Å². The molecule has 0 saturated heterocycles. The molecule has 1 unspecified atom stereocenters. The SMILES string of the molecule is O=C1C=CC(c2ccsc2)C=N1. The van der Waals surface area contributed by atoms with Gasteiger partial charge < -0.3 is 0 Å². The van der Waals surface area contributed by atoms with Gasteiger partial charge in [-0.1, -0.05) is 6.08 Å². The van der Waals surface area contributed by atoms with E-state index in [-0.39, 0.29) is 11.8 Å². The Hall–Kier alpha value is -1.22. The maximum atomic E-state index is 10.7. The number of nitrogens with zero attached hydrogens (tertiary/aromatic N) is 1. The molecule has 0 N–H and O–H groups in total. The van der Waals surface area contributed by atoms with Gasteiger partial charge in [0.1, 0.15) is 0 Å². The van der Waals surface area contributed by atoms with Crippen molar-refractivity contribution in [2.24, 2.45) is 4.99 Å². The maximum absolute atomic E-state index is 10.7. The first-order valence-electron chi connectivity index (χ1n) is 3.65. The highest BCUT2D eigenvalue weighted by molar-refractivity contribution is 7.08. The topological polar surface area (TPSA) is 29.4 Å². The summed E-state index contributed by atoms with van der Waals surface area (Å²) < 4.78 is 0. The highest BCUT2D eigenvalue weighted by Crippen LogP contribution is 2.20. The zero-order valence-electron chi connectivity index (χ0n) is 6.31. The molecule has 0 bridgehead atoms. The van der Waals surface area contributed by atoms with Crippen molar-refractivity contribution in [3.05, 3.63) is 34.5 Å². The van der Waals surface area contributed by atoms with Crippen molar-refractivity contribution >= 4 is 23.5 Å². The summed E-state index contributed by atoms with van der Waals surface area (Å²) in [7, 11) is 0. The van der Waals surface area contributed by atoms with Gasteiger partial charge in [-0.2, -0.15) is 11.3 Å². The quantitative estimate of drug-likeness (QED) is 0.645. The summed E-state index contributed by atoms with van der Waals surface area (Å²) >= 11 is 1.65. The van der Waals surface area contributed by atoms with Crippen LogP contribution < -0.4 is 0 Å². The molecule has 2 heterocycles. The molecule has 2 nitrogen and oxygen atoms in total. The Kier molecular flexibility index (Phi) is 1.87. The number of aliphatic imine (C=N–C) groups is 1. The minimum absolute atomic E-state index is 0.165. The summed E-state index contributed by atoms with van der Waals surface area (Å²) in [4.78, 5) is 14.4. The van der Waals surface area contributed by atoms with Crippen molar-refractivity contribution in [3.63, 3.8) is 0 Å². The van der Waals surface area contributed by atoms with E-state index in [9.17, 15) is 4.79 Å². The molecule has 1 aromatic heterocycles. The van der Waals surface area contributed by atoms with Crippen molar-refractivity contribution in [3.8, 4) is 0 Å². The summed E-state index contributed by atoms with van der Waals surface area (Å²) in [5.41, 5.74) is 1.20. The fourth-order valence-electron chi connectivity index (χ4n) is 1.09. The molecular weight excluding hydrogens is 170 g/mol. The predicted molar refractivity (Wildman–Crippen MR) is 49.7 cm³/mol. The van der Waals surface area contributed by atoms with Crippen LogP contribution in [0.2, 0.25) is 0 Å². The number of amides is 1. The Morgan fingerprint density at radius 3 is 3.00 bits per heavy atom. The fourth-order valence-corrected chi connectivity index (χ4v) is 1.80. The number of dihydropyridines is 1. The molecule has 60 valence electrons. The lowest BCUT2D eigenvalue weighted by Gasteiger charge is -2.06. The van der Waals surface area contributed by atoms with Gasteiger partial charge in [-0.25, -0.2) is 4.99 Å². The summed E-state index contributed by atoms with van der Waals surface area (Å²) in [6.07, 6.45) is 5.07. The minimum atomic E-state index is -0.165. The van der Waals surface area contributed by atoms with Crippen molar-refractivity contribution in [2.45, 2.75) is 5.92 Å². The highest BCUT2D eigenvalue weighted by Gasteiger charge is 2.09. The number of hydrogen-bond acceptors (Lipinski definition) is 2. The third-order valence-electron chi connectivity index (χ3n) is 1.74. The largest absolute Gasteiger partial charge is 0.269 e. The fraction of sp³-hybridized carbons (Fsp3) is 0.111. The van der Waals surface area contributed by atoms with E-state index in [4.69, 9.17) is 0 Å². The van der Waals surface area contributed by atoms with Gasteiger partial charge in [0, 0.05) is 18.2 Å². The van der Waals surface area contributed by atoms with Gasteiger partial charge in [-0.3, -0.25) is 4.79 Å². The predicted octanol–water partition coefficient (Wildman–Crippen LogP) is 2.00. The second-order valence-electron chi connectivity index (χ2n) is 2.56.